The fourth-order valence-electron chi connectivity index (χ4n) is 3.43. The van der Waals surface area contributed by atoms with Crippen LogP contribution in [0.2, 0.25) is 5.02 Å². The summed E-state index contributed by atoms with van der Waals surface area (Å²) < 4.78 is 12.0. The molecule has 0 saturated heterocycles. The normalized spacial score (nSPS) is 13.8. The second-order valence-corrected chi connectivity index (χ2v) is 7.53. The van der Waals surface area contributed by atoms with Crippen LogP contribution < -0.4 is 0 Å². The second-order valence-electron chi connectivity index (χ2n) is 7.09. The number of hydrogen-bond donors (Lipinski definition) is 1. The largest absolute Gasteiger partial charge is 0.461 e. The first-order valence-corrected chi connectivity index (χ1v) is 9.37. The van der Waals surface area contributed by atoms with Crippen molar-refractivity contribution in [3.8, 4) is 11.3 Å². The molecule has 0 saturated carbocycles. The molecule has 0 aliphatic rings. The molecule has 4 rings (SSSR count). The number of benzene rings is 2. The Labute approximate surface area is 163 Å². The number of rotatable bonds is 5. The van der Waals surface area contributed by atoms with Crippen molar-refractivity contribution in [1.29, 1.82) is 0 Å². The number of halogens is 1. The lowest BCUT2D eigenvalue weighted by molar-refractivity contribution is 0.0468. The van der Waals surface area contributed by atoms with Gasteiger partial charge < -0.3 is 13.9 Å². The molecular formula is C23H21ClO3. The van der Waals surface area contributed by atoms with Crippen molar-refractivity contribution < 1.29 is 13.9 Å². The zero-order valence-corrected chi connectivity index (χ0v) is 16.1. The molecule has 4 aromatic rings. The highest BCUT2D eigenvalue weighted by atomic mass is 35.5. The minimum Gasteiger partial charge on any atom is -0.461 e. The molecule has 0 aliphatic carbocycles. The number of fused-ring (bicyclic) bond motifs is 1. The SMILES string of the molecule is Cc1ccc(-c2c(CCC(C)(O)c3ccccc3)oc3cc(Cl)ccc23)o1. The lowest BCUT2D eigenvalue weighted by Gasteiger charge is -2.23. The van der Waals surface area contributed by atoms with Crippen LogP contribution in [0.5, 0.6) is 0 Å². The Morgan fingerprint density at radius 2 is 1.78 bits per heavy atom. The van der Waals surface area contributed by atoms with E-state index in [1.165, 1.54) is 0 Å². The number of aliphatic hydroxyl groups is 1. The van der Waals surface area contributed by atoms with Crippen LogP contribution in [0.3, 0.4) is 0 Å². The zero-order valence-electron chi connectivity index (χ0n) is 15.3. The van der Waals surface area contributed by atoms with Crippen molar-refractivity contribution in [2.75, 3.05) is 0 Å². The van der Waals surface area contributed by atoms with Crippen LogP contribution in [0.1, 0.15) is 30.4 Å². The van der Waals surface area contributed by atoms with Crippen LogP contribution in [0.25, 0.3) is 22.3 Å². The summed E-state index contributed by atoms with van der Waals surface area (Å²) in [4.78, 5) is 0. The van der Waals surface area contributed by atoms with Crippen LogP contribution in [-0.2, 0) is 12.0 Å². The van der Waals surface area contributed by atoms with Gasteiger partial charge in [-0.05, 0) is 50.1 Å². The highest BCUT2D eigenvalue weighted by Gasteiger charge is 2.26. The maximum atomic E-state index is 10.9. The molecule has 0 bridgehead atoms. The fraction of sp³-hybridized carbons (Fsp3) is 0.217. The molecule has 2 heterocycles. The molecule has 1 N–H and O–H groups in total. The highest BCUT2D eigenvalue weighted by molar-refractivity contribution is 6.31. The maximum absolute atomic E-state index is 10.9. The predicted octanol–water partition coefficient (Wildman–Crippen LogP) is 6.49. The third-order valence-electron chi connectivity index (χ3n) is 4.95. The second kappa shape index (κ2) is 6.91. The van der Waals surface area contributed by atoms with Gasteiger partial charge in [-0.15, -0.1) is 0 Å². The van der Waals surface area contributed by atoms with E-state index >= 15 is 0 Å². The van der Waals surface area contributed by atoms with Crippen molar-refractivity contribution >= 4 is 22.6 Å². The topological polar surface area (TPSA) is 46.5 Å². The van der Waals surface area contributed by atoms with Crippen molar-refractivity contribution in [3.63, 3.8) is 0 Å². The van der Waals surface area contributed by atoms with Crippen molar-refractivity contribution in [2.24, 2.45) is 0 Å². The molecule has 4 heteroatoms. The average Bonchev–Trinajstić information content (AvgIpc) is 3.23. The number of hydrogen-bond acceptors (Lipinski definition) is 3. The summed E-state index contributed by atoms with van der Waals surface area (Å²) in [6, 6.07) is 19.2. The molecule has 0 fully saturated rings. The number of furan rings is 2. The molecular weight excluding hydrogens is 360 g/mol. The summed E-state index contributed by atoms with van der Waals surface area (Å²) in [5, 5.41) is 12.5. The van der Waals surface area contributed by atoms with E-state index in [4.69, 9.17) is 20.4 Å². The summed E-state index contributed by atoms with van der Waals surface area (Å²) >= 11 is 6.14. The third-order valence-corrected chi connectivity index (χ3v) is 5.18. The molecule has 0 radical (unpaired) electrons. The maximum Gasteiger partial charge on any atom is 0.138 e. The van der Waals surface area contributed by atoms with Crippen LogP contribution in [0.15, 0.2) is 69.5 Å². The molecule has 138 valence electrons. The lowest BCUT2D eigenvalue weighted by Crippen LogP contribution is -2.21. The van der Waals surface area contributed by atoms with E-state index in [1.807, 2.05) is 74.5 Å². The molecule has 3 nitrogen and oxygen atoms in total. The zero-order chi connectivity index (χ0) is 19.0. The monoisotopic (exact) mass is 380 g/mol. The first-order valence-electron chi connectivity index (χ1n) is 9.00. The Kier molecular flexibility index (Phi) is 4.58. The van der Waals surface area contributed by atoms with E-state index in [-0.39, 0.29) is 0 Å². The van der Waals surface area contributed by atoms with Crippen LogP contribution in [-0.4, -0.2) is 5.11 Å². The van der Waals surface area contributed by atoms with Gasteiger partial charge in [0.2, 0.25) is 0 Å². The van der Waals surface area contributed by atoms with Crippen molar-refractivity contribution in [1.82, 2.24) is 0 Å². The van der Waals surface area contributed by atoms with Crippen LogP contribution in [0, 0.1) is 6.92 Å². The molecule has 0 aliphatic heterocycles. The van der Waals surface area contributed by atoms with Gasteiger partial charge in [-0.1, -0.05) is 41.9 Å². The summed E-state index contributed by atoms with van der Waals surface area (Å²) in [5.74, 6) is 2.40. The smallest absolute Gasteiger partial charge is 0.138 e. The summed E-state index contributed by atoms with van der Waals surface area (Å²) in [5.41, 5.74) is 1.59. The van der Waals surface area contributed by atoms with E-state index < -0.39 is 5.60 Å². The van der Waals surface area contributed by atoms with E-state index in [1.54, 1.807) is 0 Å². The van der Waals surface area contributed by atoms with Crippen LogP contribution >= 0.6 is 11.6 Å². The minimum atomic E-state index is -0.950. The van der Waals surface area contributed by atoms with Gasteiger partial charge in [0.05, 0.1) is 11.2 Å². The van der Waals surface area contributed by atoms with Gasteiger partial charge in [0.1, 0.15) is 22.9 Å². The lowest BCUT2D eigenvalue weighted by atomic mass is 9.90. The van der Waals surface area contributed by atoms with Gasteiger partial charge in [-0.3, -0.25) is 0 Å². The quantitative estimate of drug-likeness (QED) is 0.430. The van der Waals surface area contributed by atoms with E-state index in [9.17, 15) is 5.11 Å². The molecule has 2 aromatic heterocycles. The van der Waals surface area contributed by atoms with E-state index in [0.29, 0.717) is 17.9 Å². The Morgan fingerprint density at radius 1 is 1.00 bits per heavy atom. The molecule has 0 spiro atoms. The first kappa shape index (κ1) is 17.9. The number of aryl methyl sites for hydroxylation is 2. The van der Waals surface area contributed by atoms with Gasteiger partial charge >= 0.3 is 0 Å². The molecule has 0 amide bonds. The molecule has 2 aromatic carbocycles. The van der Waals surface area contributed by atoms with Gasteiger partial charge in [0.25, 0.3) is 0 Å². The predicted molar refractivity (Wildman–Crippen MR) is 108 cm³/mol. The van der Waals surface area contributed by atoms with E-state index in [0.717, 1.165) is 39.4 Å². The molecule has 27 heavy (non-hydrogen) atoms. The van der Waals surface area contributed by atoms with Crippen molar-refractivity contribution in [2.45, 2.75) is 32.3 Å². The minimum absolute atomic E-state index is 0.525. The van der Waals surface area contributed by atoms with Gasteiger partial charge in [0, 0.05) is 22.9 Å². The summed E-state index contributed by atoms with van der Waals surface area (Å²) in [7, 11) is 0. The first-order chi connectivity index (χ1) is 12.9. The average molecular weight is 381 g/mol. The summed E-state index contributed by atoms with van der Waals surface area (Å²) in [6.07, 6.45) is 1.10. The summed E-state index contributed by atoms with van der Waals surface area (Å²) in [6.45, 7) is 3.75. The third kappa shape index (κ3) is 3.53. The van der Waals surface area contributed by atoms with Gasteiger partial charge in [-0.2, -0.15) is 0 Å². The van der Waals surface area contributed by atoms with Crippen molar-refractivity contribution in [3.05, 3.63) is 82.8 Å². The molecule has 1 unspecified atom stereocenters. The highest BCUT2D eigenvalue weighted by Crippen LogP contribution is 2.39. The Balaban J connectivity index is 1.73. The van der Waals surface area contributed by atoms with Gasteiger partial charge in [0.15, 0.2) is 0 Å². The molecule has 1 atom stereocenters. The Bertz CT molecular complexity index is 1070. The Morgan fingerprint density at radius 3 is 2.48 bits per heavy atom. The van der Waals surface area contributed by atoms with Gasteiger partial charge in [-0.25, -0.2) is 0 Å². The van der Waals surface area contributed by atoms with Crippen LogP contribution in [0.4, 0.5) is 0 Å². The Hall–Kier alpha value is -2.49. The standard InChI is InChI=1S/C23H21ClO3/c1-15-8-11-19(26-15)22-18-10-9-17(24)14-21(18)27-20(22)12-13-23(2,25)16-6-4-3-5-7-16/h3-11,14,25H,12-13H2,1-2H3. The fourth-order valence-corrected chi connectivity index (χ4v) is 3.60. The van der Waals surface area contributed by atoms with E-state index in [2.05, 4.69) is 0 Å².